The van der Waals surface area contributed by atoms with Crippen LogP contribution in [0.15, 0.2) is 42.5 Å². The monoisotopic (exact) mass is 342 g/mol. The molecule has 1 saturated heterocycles. The lowest BCUT2D eigenvalue weighted by Crippen LogP contribution is -2.22. The van der Waals surface area contributed by atoms with Crippen LogP contribution in [0, 0.1) is 10.1 Å². The number of benzene rings is 2. The minimum absolute atomic E-state index is 0.0141. The van der Waals surface area contributed by atoms with Gasteiger partial charge in [-0.3, -0.25) is 15.0 Å². The van der Waals surface area contributed by atoms with Crippen molar-refractivity contribution in [3.05, 3.63) is 63.7 Å². The van der Waals surface area contributed by atoms with Crippen LogP contribution in [-0.2, 0) is 6.54 Å². The van der Waals surface area contributed by atoms with Gasteiger partial charge in [0.1, 0.15) is 5.75 Å². The Labute approximate surface area is 147 Å². The van der Waals surface area contributed by atoms with Crippen molar-refractivity contribution in [3.8, 4) is 11.5 Å². The largest absolute Gasteiger partial charge is 0.497 e. The van der Waals surface area contributed by atoms with Crippen LogP contribution in [0.4, 0.5) is 5.69 Å². The Balaban J connectivity index is 1.79. The highest BCUT2D eigenvalue weighted by molar-refractivity contribution is 5.48. The maximum Gasteiger partial charge on any atom is 0.311 e. The van der Waals surface area contributed by atoms with Gasteiger partial charge in [-0.25, -0.2) is 0 Å². The zero-order valence-electron chi connectivity index (χ0n) is 14.5. The molecule has 3 rings (SSSR count). The number of nitrogens with zero attached hydrogens (tertiary/aromatic N) is 2. The third-order valence-electron chi connectivity index (χ3n) is 4.69. The number of ether oxygens (including phenoxy) is 2. The molecular formula is C19H22N2O4. The molecule has 0 saturated carbocycles. The molecule has 1 fully saturated rings. The van der Waals surface area contributed by atoms with Crippen molar-refractivity contribution in [2.45, 2.75) is 25.4 Å². The molecule has 1 unspecified atom stereocenters. The number of hydrogen-bond acceptors (Lipinski definition) is 5. The Morgan fingerprint density at radius 2 is 1.92 bits per heavy atom. The zero-order valence-corrected chi connectivity index (χ0v) is 14.5. The number of likely N-dealkylation sites (tertiary alicyclic amines) is 1. The molecule has 0 radical (unpaired) electrons. The highest BCUT2D eigenvalue weighted by atomic mass is 16.6. The molecule has 1 heterocycles. The summed E-state index contributed by atoms with van der Waals surface area (Å²) in [5.74, 6) is 1.14. The molecule has 2 aromatic rings. The first-order valence-corrected chi connectivity index (χ1v) is 8.31. The number of methoxy groups -OCH3 is 2. The van der Waals surface area contributed by atoms with Gasteiger partial charge in [-0.15, -0.1) is 0 Å². The highest BCUT2D eigenvalue weighted by Crippen LogP contribution is 2.35. The Kier molecular flexibility index (Phi) is 5.19. The van der Waals surface area contributed by atoms with E-state index < -0.39 is 4.92 Å². The molecule has 2 aromatic carbocycles. The van der Waals surface area contributed by atoms with E-state index in [0.29, 0.717) is 18.3 Å². The van der Waals surface area contributed by atoms with Crippen LogP contribution in [0.1, 0.15) is 30.0 Å². The molecule has 132 valence electrons. The molecule has 1 atom stereocenters. The summed E-state index contributed by atoms with van der Waals surface area (Å²) in [5.41, 5.74) is 2.19. The van der Waals surface area contributed by atoms with E-state index in [1.165, 1.54) is 12.7 Å². The second-order valence-electron chi connectivity index (χ2n) is 6.16. The Morgan fingerprint density at radius 1 is 1.16 bits per heavy atom. The molecule has 25 heavy (non-hydrogen) atoms. The maximum absolute atomic E-state index is 11.2. The summed E-state index contributed by atoms with van der Waals surface area (Å²) in [4.78, 5) is 13.2. The predicted molar refractivity (Wildman–Crippen MR) is 95.0 cm³/mol. The minimum atomic E-state index is -0.396. The molecule has 6 heteroatoms. The van der Waals surface area contributed by atoms with Crippen molar-refractivity contribution in [1.29, 1.82) is 0 Å². The molecule has 0 bridgehead atoms. The van der Waals surface area contributed by atoms with Crippen LogP contribution in [-0.4, -0.2) is 30.6 Å². The van der Waals surface area contributed by atoms with Gasteiger partial charge < -0.3 is 9.47 Å². The topological polar surface area (TPSA) is 64.8 Å². The lowest BCUT2D eigenvalue weighted by Gasteiger charge is -2.25. The average molecular weight is 342 g/mol. The summed E-state index contributed by atoms with van der Waals surface area (Å²) in [7, 11) is 3.11. The second kappa shape index (κ2) is 7.53. The van der Waals surface area contributed by atoms with Crippen molar-refractivity contribution >= 4 is 5.69 Å². The standard InChI is InChI=1S/C19H22N2O4/c1-24-16-8-6-15(7-9-16)17-4-3-11-20(17)13-14-5-10-19(25-2)18(12-14)21(22)23/h5-10,12,17H,3-4,11,13H2,1-2H3. The fraction of sp³-hybridized carbons (Fsp3) is 0.368. The van der Waals surface area contributed by atoms with Crippen molar-refractivity contribution in [1.82, 2.24) is 4.90 Å². The fourth-order valence-electron chi connectivity index (χ4n) is 3.43. The predicted octanol–water partition coefficient (Wildman–Crippen LogP) is 3.95. The molecule has 1 aliphatic heterocycles. The molecule has 0 aliphatic carbocycles. The molecule has 6 nitrogen and oxygen atoms in total. The summed E-state index contributed by atoms with van der Waals surface area (Å²) >= 11 is 0. The third-order valence-corrected chi connectivity index (χ3v) is 4.69. The van der Waals surface area contributed by atoms with E-state index in [9.17, 15) is 10.1 Å². The summed E-state index contributed by atoms with van der Waals surface area (Å²) in [6.45, 7) is 1.66. The van der Waals surface area contributed by atoms with Gasteiger partial charge in [0.15, 0.2) is 5.75 Å². The van der Waals surface area contributed by atoms with Crippen LogP contribution in [0.25, 0.3) is 0 Å². The molecule has 1 aliphatic rings. The SMILES string of the molecule is COc1ccc(C2CCCN2Cc2ccc(OC)c([N+](=O)[O-])c2)cc1. The first-order valence-electron chi connectivity index (χ1n) is 8.31. The van der Waals surface area contributed by atoms with Gasteiger partial charge in [0, 0.05) is 18.7 Å². The number of rotatable bonds is 6. The summed E-state index contributed by atoms with van der Waals surface area (Å²) in [6, 6.07) is 13.7. The molecule has 0 N–H and O–H groups in total. The number of nitro groups is 1. The minimum Gasteiger partial charge on any atom is -0.497 e. The van der Waals surface area contributed by atoms with E-state index in [4.69, 9.17) is 9.47 Å². The van der Waals surface area contributed by atoms with Gasteiger partial charge in [0.2, 0.25) is 0 Å². The fourth-order valence-corrected chi connectivity index (χ4v) is 3.43. The van der Waals surface area contributed by atoms with Gasteiger partial charge in [-0.05, 0) is 48.7 Å². The Hall–Kier alpha value is -2.60. The zero-order chi connectivity index (χ0) is 17.8. The van der Waals surface area contributed by atoms with Crippen LogP contribution in [0.5, 0.6) is 11.5 Å². The van der Waals surface area contributed by atoms with E-state index >= 15 is 0 Å². The van der Waals surface area contributed by atoms with Gasteiger partial charge in [-0.2, -0.15) is 0 Å². The van der Waals surface area contributed by atoms with E-state index in [-0.39, 0.29) is 5.69 Å². The van der Waals surface area contributed by atoms with Gasteiger partial charge >= 0.3 is 5.69 Å². The van der Waals surface area contributed by atoms with Crippen molar-refractivity contribution in [2.24, 2.45) is 0 Å². The smallest absolute Gasteiger partial charge is 0.311 e. The summed E-state index contributed by atoms with van der Waals surface area (Å²) < 4.78 is 10.3. The van der Waals surface area contributed by atoms with Gasteiger partial charge in [-0.1, -0.05) is 18.2 Å². The second-order valence-corrected chi connectivity index (χ2v) is 6.16. The molecule has 0 aromatic heterocycles. The van der Waals surface area contributed by atoms with E-state index in [0.717, 1.165) is 30.7 Å². The Morgan fingerprint density at radius 3 is 2.56 bits per heavy atom. The number of hydrogen-bond donors (Lipinski definition) is 0. The quantitative estimate of drug-likeness (QED) is 0.587. The van der Waals surface area contributed by atoms with Gasteiger partial charge in [0.05, 0.1) is 19.1 Å². The van der Waals surface area contributed by atoms with E-state index in [1.807, 2.05) is 18.2 Å². The third kappa shape index (κ3) is 3.74. The first kappa shape index (κ1) is 17.2. The summed E-state index contributed by atoms with van der Waals surface area (Å²) in [6.07, 6.45) is 2.21. The average Bonchev–Trinajstić information content (AvgIpc) is 3.09. The van der Waals surface area contributed by atoms with Gasteiger partial charge in [0.25, 0.3) is 0 Å². The Bertz CT molecular complexity index is 746. The molecule has 0 spiro atoms. The highest BCUT2D eigenvalue weighted by Gasteiger charge is 2.26. The maximum atomic E-state index is 11.2. The van der Waals surface area contributed by atoms with Crippen LogP contribution in [0.2, 0.25) is 0 Å². The first-order chi connectivity index (χ1) is 12.1. The van der Waals surface area contributed by atoms with E-state index in [1.54, 1.807) is 19.2 Å². The van der Waals surface area contributed by atoms with Crippen LogP contribution < -0.4 is 9.47 Å². The van der Waals surface area contributed by atoms with E-state index in [2.05, 4.69) is 17.0 Å². The van der Waals surface area contributed by atoms with Crippen LogP contribution >= 0.6 is 0 Å². The summed E-state index contributed by atoms with van der Waals surface area (Å²) in [5, 5.41) is 11.2. The lowest BCUT2D eigenvalue weighted by molar-refractivity contribution is -0.385. The number of nitro benzene ring substituents is 1. The molecule has 0 amide bonds. The van der Waals surface area contributed by atoms with Crippen molar-refractivity contribution in [3.63, 3.8) is 0 Å². The van der Waals surface area contributed by atoms with Crippen molar-refractivity contribution in [2.75, 3.05) is 20.8 Å². The van der Waals surface area contributed by atoms with Crippen LogP contribution in [0.3, 0.4) is 0 Å². The normalized spacial score (nSPS) is 17.4. The molecular weight excluding hydrogens is 320 g/mol. The lowest BCUT2D eigenvalue weighted by atomic mass is 10.0. The van der Waals surface area contributed by atoms with Crippen molar-refractivity contribution < 1.29 is 14.4 Å².